The molecule has 2 N–H and O–H groups in total. The molecule has 1 rings (SSSR count). The van der Waals surface area contributed by atoms with Crippen molar-refractivity contribution in [1.29, 1.82) is 0 Å². The lowest BCUT2D eigenvalue weighted by atomic mass is 9.67. The van der Waals surface area contributed by atoms with Gasteiger partial charge in [-0.15, -0.1) is 0 Å². The van der Waals surface area contributed by atoms with Gasteiger partial charge < -0.3 is 10.2 Å². The summed E-state index contributed by atoms with van der Waals surface area (Å²) in [6.45, 7) is 12.4. The second-order valence-corrected chi connectivity index (χ2v) is 7.90. The van der Waals surface area contributed by atoms with Crippen LogP contribution in [0.1, 0.15) is 60.8 Å². The van der Waals surface area contributed by atoms with Crippen LogP contribution < -0.4 is 0 Å². The van der Waals surface area contributed by atoms with Crippen molar-refractivity contribution >= 4 is 5.97 Å². The first-order valence-corrected chi connectivity index (χ1v) is 7.22. The quantitative estimate of drug-likeness (QED) is 0.823. The van der Waals surface area contributed by atoms with Crippen molar-refractivity contribution in [1.82, 2.24) is 0 Å². The highest BCUT2D eigenvalue weighted by atomic mass is 16.4. The number of carboxylic acid groups (broad SMARTS) is 1. The van der Waals surface area contributed by atoms with Crippen LogP contribution >= 0.6 is 0 Å². The minimum absolute atomic E-state index is 0.0614. The highest BCUT2D eigenvalue weighted by Crippen LogP contribution is 2.44. The molecule has 0 saturated carbocycles. The summed E-state index contributed by atoms with van der Waals surface area (Å²) >= 11 is 0. The van der Waals surface area contributed by atoms with Crippen LogP contribution in [-0.2, 0) is 4.79 Å². The van der Waals surface area contributed by atoms with Crippen molar-refractivity contribution in [2.45, 2.75) is 66.4 Å². The third-order valence-electron chi connectivity index (χ3n) is 4.08. The van der Waals surface area contributed by atoms with Crippen molar-refractivity contribution in [3.05, 3.63) is 23.3 Å². The SMILES string of the molecule is CC(C)(C)C1=CC(O)(C(C)(C)C)CC(CCC(=O)O)=C1. The topological polar surface area (TPSA) is 57.5 Å². The van der Waals surface area contributed by atoms with Crippen LogP contribution in [-0.4, -0.2) is 21.8 Å². The lowest BCUT2D eigenvalue weighted by molar-refractivity contribution is -0.137. The fourth-order valence-electron chi connectivity index (χ4n) is 2.31. The summed E-state index contributed by atoms with van der Waals surface area (Å²) in [7, 11) is 0. The van der Waals surface area contributed by atoms with Gasteiger partial charge in [-0.1, -0.05) is 53.2 Å². The highest BCUT2D eigenvalue weighted by Gasteiger charge is 2.41. The normalized spacial score (nSPS) is 24.1. The summed E-state index contributed by atoms with van der Waals surface area (Å²) in [4.78, 5) is 10.8. The van der Waals surface area contributed by atoms with E-state index in [0.29, 0.717) is 12.8 Å². The standard InChI is InChI=1S/C17H28O3/c1-15(2,3)13-9-12(7-8-14(18)19)10-17(20,11-13)16(4,5)6/h9,11,20H,7-8,10H2,1-6H3,(H,18,19). The first-order chi connectivity index (χ1) is 8.85. The van der Waals surface area contributed by atoms with Gasteiger partial charge in [-0.3, -0.25) is 4.79 Å². The van der Waals surface area contributed by atoms with Gasteiger partial charge in [0.25, 0.3) is 0 Å². The smallest absolute Gasteiger partial charge is 0.303 e. The molecule has 0 aromatic heterocycles. The first-order valence-electron chi connectivity index (χ1n) is 7.22. The van der Waals surface area contributed by atoms with Crippen LogP contribution in [0, 0.1) is 10.8 Å². The molecule has 0 aliphatic heterocycles. The van der Waals surface area contributed by atoms with E-state index >= 15 is 0 Å². The van der Waals surface area contributed by atoms with E-state index in [1.807, 2.05) is 26.8 Å². The maximum absolute atomic E-state index is 11.0. The zero-order chi connectivity index (χ0) is 15.8. The zero-order valence-electron chi connectivity index (χ0n) is 13.6. The molecule has 0 aromatic carbocycles. The fraction of sp³-hybridized carbons (Fsp3) is 0.706. The molecule has 1 aliphatic rings. The molecule has 0 bridgehead atoms. The van der Waals surface area contributed by atoms with E-state index in [0.717, 1.165) is 11.1 Å². The predicted molar refractivity (Wildman–Crippen MR) is 81.5 cm³/mol. The maximum atomic E-state index is 11.0. The molecule has 1 aliphatic carbocycles. The Labute approximate surface area is 122 Å². The largest absolute Gasteiger partial charge is 0.481 e. The molecule has 1 unspecified atom stereocenters. The molecule has 1 atom stereocenters. The van der Waals surface area contributed by atoms with Crippen molar-refractivity contribution in [2.75, 3.05) is 0 Å². The van der Waals surface area contributed by atoms with Gasteiger partial charge in [0.05, 0.1) is 5.60 Å². The number of aliphatic hydroxyl groups is 1. The Balaban J connectivity index is 3.15. The first kappa shape index (κ1) is 17.0. The Kier molecular flexibility index (Phi) is 4.55. The van der Waals surface area contributed by atoms with Crippen molar-refractivity contribution in [2.24, 2.45) is 10.8 Å². The second-order valence-electron chi connectivity index (χ2n) is 7.90. The zero-order valence-corrected chi connectivity index (χ0v) is 13.6. The number of allylic oxidation sites excluding steroid dienone is 2. The van der Waals surface area contributed by atoms with E-state index in [1.54, 1.807) is 0 Å². The molecule has 0 heterocycles. The van der Waals surface area contributed by atoms with Gasteiger partial charge in [0, 0.05) is 12.8 Å². The Hall–Kier alpha value is -1.09. The third kappa shape index (κ3) is 3.95. The number of aliphatic carboxylic acids is 1. The highest BCUT2D eigenvalue weighted by molar-refractivity contribution is 5.67. The van der Waals surface area contributed by atoms with Crippen LogP contribution in [0.25, 0.3) is 0 Å². The van der Waals surface area contributed by atoms with Crippen molar-refractivity contribution in [3.8, 4) is 0 Å². The maximum Gasteiger partial charge on any atom is 0.303 e. The molecular weight excluding hydrogens is 252 g/mol. The van der Waals surface area contributed by atoms with Crippen LogP contribution in [0.15, 0.2) is 23.3 Å². The molecule has 0 saturated heterocycles. The average Bonchev–Trinajstić information content (AvgIpc) is 2.23. The second kappa shape index (κ2) is 5.36. The summed E-state index contributed by atoms with van der Waals surface area (Å²) < 4.78 is 0. The van der Waals surface area contributed by atoms with E-state index in [-0.39, 0.29) is 17.3 Å². The van der Waals surface area contributed by atoms with E-state index in [9.17, 15) is 9.90 Å². The van der Waals surface area contributed by atoms with Gasteiger partial charge >= 0.3 is 5.97 Å². The molecule has 0 amide bonds. The van der Waals surface area contributed by atoms with Gasteiger partial charge in [0.2, 0.25) is 0 Å². The van der Waals surface area contributed by atoms with E-state index in [1.165, 1.54) is 0 Å². The Morgan fingerprint density at radius 3 is 2.20 bits per heavy atom. The molecule has 3 nitrogen and oxygen atoms in total. The summed E-state index contributed by atoms with van der Waals surface area (Å²) in [5, 5.41) is 19.9. The van der Waals surface area contributed by atoms with Gasteiger partial charge in [0.15, 0.2) is 0 Å². The number of rotatable bonds is 3. The number of hydrogen-bond acceptors (Lipinski definition) is 2. The van der Waals surface area contributed by atoms with Crippen LogP contribution in [0.5, 0.6) is 0 Å². The molecule has 20 heavy (non-hydrogen) atoms. The molecule has 0 fully saturated rings. The third-order valence-corrected chi connectivity index (χ3v) is 4.08. The number of carboxylic acids is 1. The Morgan fingerprint density at radius 1 is 1.25 bits per heavy atom. The van der Waals surface area contributed by atoms with Crippen LogP contribution in [0.3, 0.4) is 0 Å². The molecule has 0 aromatic rings. The average molecular weight is 280 g/mol. The van der Waals surface area contributed by atoms with Crippen LogP contribution in [0.4, 0.5) is 0 Å². The van der Waals surface area contributed by atoms with Gasteiger partial charge in [-0.05, 0) is 28.9 Å². The summed E-state index contributed by atoms with van der Waals surface area (Å²) in [6.07, 6.45) is 5.17. The minimum Gasteiger partial charge on any atom is -0.481 e. The molecule has 114 valence electrons. The summed E-state index contributed by atoms with van der Waals surface area (Å²) in [6, 6.07) is 0. The number of carbonyl (C=O) groups is 1. The fourth-order valence-corrected chi connectivity index (χ4v) is 2.31. The molecule has 0 spiro atoms. The monoisotopic (exact) mass is 280 g/mol. The Bertz CT molecular complexity index is 444. The molecular formula is C17H28O3. The Morgan fingerprint density at radius 2 is 1.80 bits per heavy atom. The summed E-state index contributed by atoms with van der Waals surface area (Å²) in [5.74, 6) is -0.794. The van der Waals surface area contributed by atoms with Gasteiger partial charge in [0.1, 0.15) is 0 Å². The minimum atomic E-state index is -0.918. The van der Waals surface area contributed by atoms with Gasteiger partial charge in [-0.2, -0.15) is 0 Å². The molecule has 3 heteroatoms. The predicted octanol–water partition coefficient (Wildman–Crippen LogP) is 3.93. The van der Waals surface area contributed by atoms with Crippen molar-refractivity contribution in [3.63, 3.8) is 0 Å². The summed E-state index contributed by atoms with van der Waals surface area (Å²) in [5.41, 5.74) is 0.845. The van der Waals surface area contributed by atoms with Crippen LogP contribution in [0.2, 0.25) is 0 Å². The number of hydrogen-bond donors (Lipinski definition) is 2. The van der Waals surface area contributed by atoms with E-state index in [4.69, 9.17) is 5.11 Å². The van der Waals surface area contributed by atoms with E-state index < -0.39 is 11.6 Å². The molecule has 0 radical (unpaired) electrons. The van der Waals surface area contributed by atoms with E-state index in [2.05, 4.69) is 26.8 Å². The van der Waals surface area contributed by atoms with Crippen molar-refractivity contribution < 1.29 is 15.0 Å². The lowest BCUT2D eigenvalue weighted by Gasteiger charge is -2.43. The lowest BCUT2D eigenvalue weighted by Crippen LogP contribution is -2.43. The van der Waals surface area contributed by atoms with Gasteiger partial charge in [-0.25, -0.2) is 0 Å².